The van der Waals surface area contributed by atoms with Crippen molar-refractivity contribution in [1.29, 1.82) is 0 Å². The fourth-order valence-electron chi connectivity index (χ4n) is 0.726. The van der Waals surface area contributed by atoms with Crippen LogP contribution in [0.2, 0.25) is 0 Å². The predicted molar refractivity (Wildman–Crippen MR) is 47.5 cm³/mol. The summed E-state index contributed by atoms with van der Waals surface area (Å²) in [4.78, 5) is 0. The number of rotatable bonds is 1. The van der Waals surface area contributed by atoms with E-state index in [0.29, 0.717) is 0 Å². The van der Waals surface area contributed by atoms with Crippen LogP contribution in [0.3, 0.4) is 0 Å². The van der Waals surface area contributed by atoms with Crippen LogP contribution in [0.25, 0.3) is 0 Å². The van der Waals surface area contributed by atoms with Gasteiger partial charge in [-0.25, -0.2) is 0 Å². The average molecular weight is 136 g/mol. The molecule has 1 rings (SSSR count). The monoisotopic (exact) mass is 136 g/mol. The molecule has 0 spiro atoms. The second-order valence-corrected chi connectivity index (χ2v) is 4.54. The second kappa shape index (κ2) is 3.03. The first-order valence-electron chi connectivity index (χ1n) is 3.03. The van der Waals surface area contributed by atoms with E-state index in [1.165, 1.54) is 5.30 Å². The van der Waals surface area contributed by atoms with Crippen LogP contribution >= 0.6 is 7.80 Å². The molecule has 0 N–H and O–H groups in total. The van der Waals surface area contributed by atoms with Crippen molar-refractivity contribution in [2.24, 2.45) is 0 Å². The van der Waals surface area contributed by atoms with Crippen molar-refractivity contribution >= 4 is 20.7 Å². The van der Waals surface area contributed by atoms with E-state index < -0.39 is 0 Å². The molecule has 1 unspecified atom stereocenters. The van der Waals surface area contributed by atoms with Gasteiger partial charge in [0.15, 0.2) is 0 Å². The lowest BCUT2D eigenvalue weighted by molar-refractivity contribution is 1.77. The van der Waals surface area contributed by atoms with Gasteiger partial charge in [0, 0.05) is 0 Å². The lowest BCUT2D eigenvalue weighted by Gasteiger charge is -2.02. The minimum atomic E-state index is 0.104. The third kappa shape index (κ3) is 1.84. The molecule has 2 heteroatoms. The standard InChI is InChI=1S/C7H10BP/c1-9(8)7-5-3-2-4-6-7/h2-6H,8H2,1H3. The first kappa shape index (κ1) is 6.83. The molecule has 0 aromatic heterocycles. The molecule has 1 atom stereocenters. The summed E-state index contributed by atoms with van der Waals surface area (Å²) < 4.78 is 0. The SMILES string of the molecule is BP(C)c1ccccc1. The fraction of sp³-hybridized carbons (Fsp3) is 0.143. The summed E-state index contributed by atoms with van der Waals surface area (Å²) in [6.45, 7) is 2.27. The first-order chi connectivity index (χ1) is 4.30. The molecular formula is C7H10BP. The Bertz CT molecular complexity index is 172. The van der Waals surface area contributed by atoms with Crippen LogP contribution in [-0.2, 0) is 0 Å². The van der Waals surface area contributed by atoms with Gasteiger partial charge >= 0.3 is 0 Å². The van der Waals surface area contributed by atoms with Crippen molar-refractivity contribution in [3.8, 4) is 0 Å². The fourth-order valence-corrected chi connectivity index (χ4v) is 1.49. The van der Waals surface area contributed by atoms with Gasteiger partial charge in [0.2, 0.25) is 0 Å². The quantitative estimate of drug-likeness (QED) is 0.398. The molecule has 0 saturated heterocycles. The van der Waals surface area contributed by atoms with Gasteiger partial charge in [-0.3, -0.25) is 0 Å². The van der Waals surface area contributed by atoms with Gasteiger partial charge < -0.3 is 0 Å². The van der Waals surface area contributed by atoms with Gasteiger partial charge in [0.25, 0.3) is 0 Å². The summed E-state index contributed by atoms with van der Waals surface area (Å²) in [5.41, 5.74) is 0. The van der Waals surface area contributed by atoms with Crippen molar-refractivity contribution < 1.29 is 0 Å². The van der Waals surface area contributed by atoms with E-state index in [2.05, 4.69) is 44.6 Å². The zero-order valence-corrected chi connectivity index (χ0v) is 6.73. The van der Waals surface area contributed by atoms with Gasteiger partial charge in [0.1, 0.15) is 7.57 Å². The van der Waals surface area contributed by atoms with E-state index in [9.17, 15) is 0 Å². The van der Waals surface area contributed by atoms with Crippen LogP contribution in [0.5, 0.6) is 0 Å². The molecule has 0 nitrogen and oxygen atoms in total. The van der Waals surface area contributed by atoms with Crippen LogP contribution < -0.4 is 5.30 Å². The average Bonchev–Trinajstić information content (AvgIpc) is 1.90. The maximum absolute atomic E-state index is 2.27. The van der Waals surface area contributed by atoms with Gasteiger partial charge in [-0.1, -0.05) is 30.3 Å². The molecule has 0 aliphatic heterocycles. The normalized spacial score (nSPS) is 13.0. The van der Waals surface area contributed by atoms with Crippen LogP contribution in [-0.4, -0.2) is 14.2 Å². The van der Waals surface area contributed by atoms with Crippen molar-refractivity contribution in [2.75, 3.05) is 6.66 Å². The molecule has 0 fully saturated rings. The molecule has 1 aromatic rings. The summed E-state index contributed by atoms with van der Waals surface area (Å²) in [6, 6.07) is 10.6. The molecule has 0 saturated carbocycles. The zero-order chi connectivity index (χ0) is 6.69. The highest BCUT2D eigenvalue weighted by Gasteiger charge is 1.92. The van der Waals surface area contributed by atoms with E-state index in [-0.39, 0.29) is 7.80 Å². The van der Waals surface area contributed by atoms with Crippen molar-refractivity contribution in [3.05, 3.63) is 30.3 Å². The maximum atomic E-state index is 2.27. The summed E-state index contributed by atoms with van der Waals surface area (Å²) in [5.74, 6) is 0. The lowest BCUT2D eigenvalue weighted by atomic mass is 10.4. The molecule has 0 amide bonds. The topological polar surface area (TPSA) is 0 Å². The maximum Gasteiger partial charge on any atom is 0.139 e. The Kier molecular flexibility index (Phi) is 2.30. The van der Waals surface area contributed by atoms with Crippen molar-refractivity contribution in [1.82, 2.24) is 0 Å². The highest BCUT2D eigenvalue weighted by Crippen LogP contribution is 2.20. The van der Waals surface area contributed by atoms with E-state index in [4.69, 9.17) is 0 Å². The van der Waals surface area contributed by atoms with Crippen molar-refractivity contribution in [2.45, 2.75) is 0 Å². The molecule has 0 aliphatic rings. The highest BCUT2D eigenvalue weighted by atomic mass is 31.1. The molecule has 0 bridgehead atoms. The molecule has 1 aromatic carbocycles. The van der Waals surface area contributed by atoms with Crippen LogP contribution in [0.1, 0.15) is 0 Å². The predicted octanol–water partition coefficient (Wildman–Crippen LogP) is 0.972. The van der Waals surface area contributed by atoms with E-state index >= 15 is 0 Å². The number of benzene rings is 1. The highest BCUT2D eigenvalue weighted by molar-refractivity contribution is 7.87. The van der Waals surface area contributed by atoms with Crippen LogP contribution in [0.4, 0.5) is 0 Å². The molecule has 0 aliphatic carbocycles. The Morgan fingerprint density at radius 1 is 1.22 bits per heavy atom. The van der Waals surface area contributed by atoms with E-state index in [1.807, 2.05) is 0 Å². The Morgan fingerprint density at radius 2 is 1.78 bits per heavy atom. The van der Waals surface area contributed by atoms with Crippen LogP contribution in [0.15, 0.2) is 30.3 Å². The summed E-state index contributed by atoms with van der Waals surface area (Å²) >= 11 is 0. The molecule has 0 heterocycles. The second-order valence-electron chi connectivity index (χ2n) is 2.23. The Morgan fingerprint density at radius 3 is 2.11 bits per heavy atom. The Hall–Kier alpha value is -0.285. The summed E-state index contributed by atoms with van der Waals surface area (Å²) in [7, 11) is 2.37. The van der Waals surface area contributed by atoms with E-state index in [0.717, 1.165) is 0 Å². The molecule has 46 valence electrons. The largest absolute Gasteiger partial charge is 0.139 e. The first-order valence-corrected chi connectivity index (χ1v) is 5.26. The molecular weight excluding hydrogens is 126 g/mol. The smallest absolute Gasteiger partial charge is 0.122 e. The Labute approximate surface area is 58.4 Å². The summed E-state index contributed by atoms with van der Waals surface area (Å²) in [5, 5.41) is 1.48. The summed E-state index contributed by atoms with van der Waals surface area (Å²) in [6.07, 6.45) is 0. The van der Waals surface area contributed by atoms with E-state index in [1.54, 1.807) is 0 Å². The molecule has 0 radical (unpaired) electrons. The third-order valence-electron chi connectivity index (χ3n) is 1.27. The minimum absolute atomic E-state index is 0.104. The third-order valence-corrected chi connectivity index (χ3v) is 2.60. The Balaban J connectivity index is 2.85. The van der Waals surface area contributed by atoms with Gasteiger partial charge in [-0.05, 0) is 12.0 Å². The van der Waals surface area contributed by atoms with Crippen molar-refractivity contribution in [3.63, 3.8) is 0 Å². The number of hydrogen-bond donors (Lipinski definition) is 0. The van der Waals surface area contributed by atoms with Gasteiger partial charge in [0.05, 0.1) is 0 Å². The molecule has 9 heavy (non-hydrogen) atoms. The van der Waals surface area contributed by atoms with Crippen LogP contribution in [0, 0.1) is 0 Å². The number of hydrogen-bond acceptors (Lipinski definition) is 0. The lowest BCUT2D eigenvalue weighted by Crippen LogP contribution is -1.96. The van der Waals surface area contributed by atoms with Gasteiger partial charge in [-0.2, -0.15) is 0 Å². The van der Waals surface area contributed by atoms with Gasteiger partial charge in [-0.15, -0.1) is 7.80 Å². The zero-order valence-electron chi connectivity index (χ0n) is 5.83. The minimum Gasteiger partial charge on any atom is -0.122 e.